The van der Waals surface area contributed by atoms with Crippen LogP contribution in [-0.2, 0) is 14.0 Å². The molecule has 1 saturated heterocycles. The smallest absolute Gasteiger partial charge is 0.417 e. The van der Waals surface area contributed by atoms with E-state index in [0.717, 1.165) is 21.9 Å². The van der Waals surface area contributed by atoms with Gasteiger partial charge in [-0.1, -0.05) is 71.0 Å². The molecule has 0 unspecified atom stereocenters. The number of fused-ring (bicyclic) bond motifs is 1. The third kappa shape index (κ3) is 6.33. The van der Waals surface area contributed by atoms with Crippen LogP contribution in [0, 0.1) is 11.3 Å². The Bertz CT molecular complexity index is 1180. The topological polar surface area (TPSA) is 76.1 Å². The third-order valence-electron chi connectivity index (χ3n) is 7.94. The van der Waals surface area contributed by atoms with Gasteiger partial charge in [0.1, 0.15) is 6.61 Å². The van der Waals surface area contributed by atoms with Crippen LogP contribution in [0.3, 0.4) is 0 Å². The van der Waals surface area contributed by atoms with Crippen molar-refractivity contribution in [2.45, 2.75) is 78.7 Å². The first-order valence-electron chi connectivity index (χ1n) is 13.1. The maximum absolute atomic E-state index is 14.0. The van der Waals surface area contributed by atoms with Gasteiger partial charge in [0.05, 0.1) is 24.2 Å². The van der Waals surface area contributed by atoms with E-state index < -0.39 is 25.9 Å². The Morgan fingerprint density at radius 2 is 1.78 bits per heavy atom. The number of aliphatic hydroxyl groups excluding tert-OH is 1. The monoisotopic (exact) mass is 525 g/mol. The van der Waals surface area contributed by atoms with E-state index in [1.54, 1.807) is 6.92 Å². The lowest BCUT2D eigenvalue weighted by Gasteiger charge is -2.39. The highest BCUT2D eigenvalue weighted by molar-refractivity contribution is 6.74. The minimum Gasteiger partial charge on any atom is -0.447 e. The van der Waals surface area contributed by atoms with Crippen LogP contribution in [0.15, 0.2) is 42.5 Å². The lowest BCUT2D eigenvalue weighted by molar-refractivity contribution is -0.138. The molecule has 2 aromatic carbocycles. The van der Waals surface area contributed by atoms with Crippen LogP contribution in [0.5, 0.6) is 0 Å². The number of hydrogen-bond donors (Lipinski definition) is 1. The van der Waals surface area contributed by atoms with Crippen molar-refractivity contribution < 1.29 is 23.9 Å². The average molecular weight is 526 g/mol. The van der Waals surface area contributed by atoms with Gasteiger partial charge in [0.2, 0.25) is 5.91 Å². The number of carbonyl (C=O) groups is 2. The number of carbonyl (C=O) groups excluding carboxylic acids is 2. The fourth-order valence-electron chi connectivity index (χ4n) is 4.09. The summed E-state index contributed by atoms with van der Waals surface area (Å²) >= 11 is 0. The SMILES string of the molecule is CC(C)[C@@H]1COC(=O)N1C(=O)[C@](C)(C=Cc1ccc2ccc([C@@H](C)O)cc2c1)CO[Si](C)(C)C(C)(C)C. The van der Waals surface area contributed by atoms with Gasteiger partial charge in [-0.2, -0.15) is 0 Å². The number of aliphatic hydroxyl groups is 1. The van der Waals surface area contributed by atoms with Gasteiger partial charge in [0.15, 0.2) is 8.32 Å². The van der Waals surface area contributed by atoms with E-state index in [9.17, 15) is 14.7 Å². The highest BCUT2D eigenvalue weighted by atomic mass is 28.4. The van der Waals surface area contributed by atoms with Crippen molar-refractivity contribution in [3.05, 3.63) is 53.6 Å². The number of cyclic esters (lactones) is 1. The van der Waals surface area contributed by atoms with E-state index >= 15 is 0 Å². The average Bonchev–Trinajstić information content (AvgIpc) is 3.21. The molecular formula is C30H43NO5Si. The van der Waals surface area contributed by atoms with Crippen molar-refractivity contribution in [2.75, 3.05) is 13.2 Å². The summed E-state index contributed by atoms with van der Waals surface area (Å²) in [6.45, 7) is 18.8. The van der Waals surface area contributed by atoms with Gasteiger partial charge >= 0.3 is 6.09 Å². The predicted octanol–water partition coefficient (Wildman–Crippen LogP) is 6.94. The second-order valence-electron chi connectivity index (χ2n) is 12.4. The van der Waals surface area contributed by atoms with E-state index in [0.29, 0.717) is 0 Å². The van der Waals surface area contributed by atoms with E-state index in [2.05, 4.69) is 33.9 Å². The molecule has 0 bridgehead atoms. The first kappa shape index (κ1) is 29.1. The van der Waals surface area contributed by atoms with Gasteiger partial charge in [-0.15, -0.1) is 0 Å². The molecule has 1 fully saturated rings. The van der Waals surface area contributed by atoms with Crippen molar-refractivity contribution in [2.24, 2.45) is 11.3 Å². The fourth-order valence-corrected chi connectivity index (χ4v) is 5.18. The highest BCUT2D eigenvalue weighted by Gasteiger charge is 2.47. The molecule has 1 heterocycles. The predicted molar refractivity (Wildman–Crippen MR) is 152 cm³/mol. The molecule has 6 nitrogen and oxygen atoms in total. The zero-order chi connectivity index (χ0) is 27.8. The molecule has 2 amide bonds. The molecule has 7 heteroatoms. The number of ether oxygens (including phenoxy) is 1. The lowest BCUT2D eigenvalue weighted by Crippen LogP contribution is -2.51. The number of nitrogens with zero attached hydrogens (tertiary/aromatic N) is 1. The molecule has 3 rings (SSSR count). The molecule has 2 aromatic rings. The van der Waals surface area contributed by atoms with Gasteiger partial charge in [-0.05, 0) is 71.9 Å². The Balaban J connectivity index is 2.00. The normalized spacial score (nSPS) is 19.5. The van der Waals surface area contributed by atoms with Crippen LogP contribution in [0.1, 0.15) is 65.7 Å². The van der Waals surface area contributed by atoms with Crippen LogP contribution < -0.4 is 0 Å². The maximum Gasteiger partial charge on any atom is 0.417 e. The van der Waals surface area contributed by atoms with Crippen LogP contribution in [0.25, 0.3) is 16.8 Å². The minimum atomic E-state index is -2.16. The molecule has 0 radical (unpaired) electrons. The Kier molecular flexibility index (Phi) is 8.42. The van der Waals surface area contributed by atoms with Crippen molar-refractivity contribution in [1.29, 1.82) is 0 Å². The Hall–Kier alpha value is -2.48. The molecule has 37 heavy (non-hydrogen) atoms. The fraction of sp³-hybridized carbons (Fsp3) is 0.533. The molecule has 202 valence electrons. The quantitative estimate of drug-likeness (QED) is 0.378. The summed E-state index contributed by atoms with van der Waals surface area (Å²) in [6, 6.07) is 11.7. The maximum atomic E-state index is 14.0. The minimum absolute atomic E-state index is 0.0202. The van der Waals surface area contributed by atoms with Crippen molar-refractivity contribution in [3.8, 4) is 0 Å². The van der Waals surface area contributed by atoms with Crippen LogP contribution >= 0.6 is 0 Å². The summed E-state index contributed by atoms with van der Waals surface area (Å²) in [5.41, 5.74) is 0.706. The van der Waals surface area contributed by atoms with Gasteiger partial charge in [-0.25, -0.2) is 9.69 Å². The summed E-state index contributed by atoms with van der Waals surface area (Å²) in [4.78, 5) is 27.9. The standard InChI is InChI=1S/C30H43NO5Si/c1-20(2)26-18-35-28(34)31(26)27(33)30(7,19-36-37(8,9)29(4,5)6)15-14-22-10-11-23-12-13-24(21(3)32)17-25(23)16-22/h10-17,20-21,26,32H,18-19H2,1-9H3/t21-,26+,30-/m1/s1. The number of rotatable bonds is 8. The Morgan fingerprint density at radius 3 is 2.38 bits per heavy atom. The number of hydrogen-bond acceptors (Lipinski definition) is 5. The summed E-state index contributed by atoms with van der Waals surface area (Å²) in [5.74, 6) is -0.227. The Labute approximate surface area is 222 Å². The molecule has 1 N–H and O–H groups in total. The van der Waals surface area contributed by atoms with E-state index in [-0.39, 0.29) is 36.1 Å². The van der Waals surface area contributed by atoms with Gasteiger partial charge < -0.3 is 14.3 Å². The Morgan fingerprint density at radius 1 is 1.14 bits per heavy atom. The zero-order valence-corrected chi connectivity index (χ0v) is 24.8. The highest BCUT2D eigenvalue weighted by Crippen LogP contribution is 2.39. The number of benzene rings is 2. The lowest BCUT2D eigenvalue weighted by atomic mass is 9.87. The summed E-state index contributed by atoms with van der Waals surface area (Å²) < 4.78 is 11.8. The zero-order valence-electron chi connectivity index (χ0n) is 23.8. The van der Waals surface area contributed by atoms with E-state index in [4.69, 9.17) is 9.16 Å². The van der Waals surface area contributed by atoms with Gasteiger partial charge in [-0.3, -0.25) is 4.79 Å². The molecule has 1 aliphatic rings. The largest absolute Gasteiger partial charge is 0.447 e. The molecular weight excluding hydrogens is 482 g/mol. The molecule has 0 spiro atoms. The van der Waals surface area contributed by atoms with Crippen molar-refractivity contribution in [1.82, 2.24) is 4.90 Å². The van der Waals surface area contributed by atoms with E-state index in [1.165, 1.54) is 4.90 Å². The first-order chi connectivity index (χ1) is 17.1. The summed E-state index contributed by atoms with van der Waals surface area (Å²) in [7, 11) is -2.16. The van der Waals surface area contributed by atoms with Gasteiger partial charge in [0.25, 0.3) is 0 Å². The molecule has 3 atom stereocenters. The number of imide groups is 1. The van der Waals surface area contributed by atoms with Crippen molar-refractivity contribution in [3.63, 3.8) is 0 Å². The van der Waals surface area contributed by atoms with E-state index in [1.807, 2.05) is 69.3 Å². The van der Waals surface area contributed by atoms with Gasteiger partial charge in [0, 0.05) is 0 Å². The second-order valence-corrected chi connectivity index (χ2v) is 17.2. The molecule has 0 saturated carbocycles. The molecule has 0 aromatic heterocycles. The van der Waals surface area contributed by atoms with Crippen LogP contribution in [-0.4, -0.2) is 49.6 Å². The van der Waals surface area contributed by atoms with Crippen LogP contribution in [0.4, 0.5) is 4.79 Å². The summed E-state index contributed by atoms with van der Waals surface area (Å²) in [6.07, 6.45) is 2.65. The first-order valence-corrected chi connectivity index (χ1v) is 16.0. The van der Waals surface area contributed by atoms with Crippen molar-refractivity contribution >= 4 is 37.2 Å². The number of amides is 2. The molecule has 0 aliphatic carbocycles. The van der Waals surface area contributed by atoms with Crippen LogP contribution in [0.2, 0.25) is 18.1 Å². The second kappa shape index (κ2) is 10.7. The summed E-state index contributed by atoms with van der Waals surface area (Å²) in [5, 5.41) is 12.0. The third-order valence-corrected chi connectivity index (χ3v) is 12.4. The molecule has 1 aliphatic heterocycles.